The van der Waals surface area contributed by atoms with Crippen LogP contribution in [-0.2, 0) is 17.8 Å². The second-order valence-electron chi connectivity index (χ2n) is 5.63. The largest absolute Gasteiger partial charge is 0.380 e. The molecule has 0 atom stereocenters. The maximum Gasteiger partial charge on any atom is 0.0593 e. The first-order valence-corrected chi connectivity index (χ1v) is 8.14. The van der Waals surface area contributed by atoms with Crippen LogP contribution in [0, 0.1) is 5.92 Å². The van der Waals surface area contributed by atoms with Crippen LogP contribution >= 0.6 is 11.3 Å². The van der Waals surface area contributed by atoms with Crippen molar-refractivity contribution in [3.8, 4) is 0 Å². The van der Waals surface area contributed by atoms with Gasteiger partial charge in [0.2, 0.25) is 0 Å². The maximum absolute atomic E-state index is 5.49. The lowest BCUT2D eigenvalue weighted by atomic mass is 10.2. The number of nitrogens with one attached hydrogen (secondary N) is 1. The highest BCUT2D eigenvalue weighted by Gasteiger charge is 2.10. The Labute approximate surface area is 121 Å². The van der Waals surface area contributed by atoms with Crippen molar-refractivity contribution < 1.29 is 4.74 Å². The Morgan fingerprint density at radius 3 is 2.95 bits per heavy atom. The van der Waals surface area contributed by atoms with Crippen LogP contribution in [0.5, 0.6) is 0 Å². The van der Waals surface area contributed by atoms with Crippen molar-refractivity contribution >= 4 is 11.3 Å². The van der Waals surface area contributed by atoms with Crippen LogP contribution in [0.1, 0.15) is 30.0 Å². The Morgan fingerprint density at radius 2 is 2.11 bits per heavy atom. The molecule has 0 spiro atoms. The molecule has 1 N–H and O–H groups in total. The summed E-state index contributed by atoms with van der Waals surface area (Å²) in [6.07, 6.45) is 1.16. The van der Waals surface area contributed by atoms with Gasteiger partial charge < -0.3 is 10.1 Å². The number of ether oxygens (including phenoxy) is 1. The van der Waals surface area contributed by atoms with Crippen LogP contribution in [0.25, 0.3) is 0 Å². The lowest BCUT2D eigenvalue weighted by Crippen LogP contribution is -2.25. The highest BCUT2D eigenvalue weighted by Crippen LogP contribution is 2.19. The van der Waals surface area contributed by atoms with E-state index >= 15 is 0 Å². The van der Waals surface area contributed by atoms with Gasteiger partial charge in [0.05, 0.1) is 6.61 Å². The zero-order valence-electron chi connectivity index (χ0n) is 12.2. The second kappa shape index (κ2) is 8.00. The molecule has 2 heterocycles. The number of hydrogen-bond donors (Lipinski definition) is 1. The van der Waals surface area contributed by atoms with Gasteiger partial charge in [0.15, 0.2) is 0 Å². The van der Waals surface area contributed by atoms with Gasteiger partial charge in [0, 0.05) is 42.5 Å². The predicted molar refractivity (Wildman–Crippen MR) is 81.6 cm³/mol. The number of rotatable bonds is 6. The third kappa shape index (κ3) is 5.61. The molecule has 2 rings (SSSR count). The summed E-state index contributed by atoms with van der Waals surface area (Å²) in [5.74, 6) is 0.719. The monoisotopic (exact) mass is 282 g/mol. The van der Waals surface area contributed by atoms with Gasteiger partial charge >= 0.3 is 0 Å². The zero-order chi connectivity index (χ0) is 13.5. The summed E-state index contributed by atoms with van der Waals surface area (Å²) >= 11 is 1.94. The van der Waals surface area contributed by atoms with Crippen LogP contribution in [0.4, 0.5) is 0 Å². The molecule has 0 aliphatic carbocycles. The van der Waals surface area contributed by atoms with Crippen LogP contribution in [-0.4, -0.2) is 37.7 Å². The van der Waals surface area contributed by atoms with Crippen molar-refractivity contribution in [3.05, 3.63) is 21.9 Å². The molecule has 1 aliphatic rings. The van der Waals surface area contributed by atoms with Gasteiger partial charge in [-0.15, -0.1) is 11.3 Å². The minimum atomic E-state index is 0.719. The summed E-state index contributed by atoms with van der Waals surface area (Å²) in [5, 5.41) is 3.50. The Morgan fingerprint density at radius 1 is 1.26 bits per heavy atom. The van der Waals surface area contributed by atoms with Crippen molar-refractivity contribution in [1.29, 1.82) is 0 Å². The predicted octanol–water partition coefficient (Wildman–Crippen LogP) is 2.72. The Hall–Kier alpha value is -0.420. The molecule has 3 nitrogen and oxygen atoms in total. The fourth-order valence-electron chi connectivity index (χ4n) is 2.26. The van der Waals surface area contributed by atoms with Crippen molar-refractivity contribution in [2.75, 3.05) is 32.8 Å². The first-order chi connectivity index (χ1) is 9.24. The van der Waals surface area contributed by atoms with Crippen molar-refractivity contribution in [3.63, 3.8) is 0 Å². The molecule has 0 amide bonds. The number of hydrogen-bond acceptors (Lipinski definition) is 4. The first-order valence-electron chi connectivity index (χ1n) is 7.32. The SMILES string of the molecule is CC(C)CNCc1ccc(CN2CCCOCC2)s1. The van der Waals surface area contributed by atoms with Crippen LogP contribution in [0.15, 0.2) is 12.1 Å². The van der Waals surface area contributed by atoms with E-state index in [1.54, 1.807) is 0 Å². The number of nitrogens with zero attached hydrogens (tertiary/aromatic N) is 1. The van der Waals surface area contributed by atoms with Crippen molar-refractivity contribution in [2.45, 2.75) is 33.4 Å². The van der Waals surface area contributed by atoms with E-state index < -0.39 is 0 Å². The van der Waals surface area contributed by atoms with E-state index in [0.29, 0.717) is 0 Å². The Balaban J connectivity index is 1.76. The molecule has 1 aliphatic heterocycles. The molecule has 0 bridgehead atoms. The van der Waals surface area contributed by atoms with E-state index in [0.717, 1.165) is 51.7 Å². The van der Waals surface area contributed by atoms with Gasteiger partial charge in [-0.25, -0.2) is 0 Å². The van der Waals surface area contributed by atoms with E-state index in [1.165, 1.54) is 16.3 Å². The minimum absolute atomic E-state index is 0.719. The molecule has 108 valence electrons. The highest BCUT2D eigenvalue weighted by atomic mass is 32.1. The Bertz CT molecular complexity index is 357. The van der Waals surface area contributed by atoms with E-state index in [-0.39, 0.29) is 0 Å². The molecule has 1 aromatic rings. The van der Waals surface area contributed by atoms with E-state index in [4.69, 9.17) is 4.74 Å². The van der Waals surface area contributed by atoms with Gasteiger partial charge in [-0.1, -0.05) is 13.8 Å². The lowest BCUT2D eigenvalue weighted by Gasteiger charge is -2.17. The fourth-order valence-corrected chi connectivity index (χ4v) is 3.29. The molecule has 0 aromatic carbocycles. The van der Waals surface area contributed by atoms with Gasteiger partial charge in [-0.05, 0) is 31.0 Å². The summed E-state index contributed by atoms with van der Waals surface area (Å²) < 4.78 is 5.49. The quantitative estimate of drug-likeness (QED) is 0.868. The topological polar surface area (TPSA) is 24.5 Å². The summed E-state index contributed by atoms with van der Waals surface area (Å²) in [6, 6.07) is 4.55. The molecule has 0 unspecified atom stereocenters. The van der Waals surface area contributed by atoms with E-state index in [1.807, 2.05) is 11.3 Å². The molecule has 1 saturated heterocycles. The maximum atomic E-state index is 5.49. The average Bonchev–Trinajstić information content (AvgIpc) is 2.65. The average molecular weight is 282 g/mol. The Kier molecular flexibility index (Phi) is 6.31. The molecule has 0 radical (unpaired) electrons. The minimum Gasteiger partial charge on any atom is -0.380 e. The first kappa shape index (κ1) is 15.0. The molecular formula is C15H26N2OS. The summed E-state index contributed by atoms with van der Waals surface area (Å²) in [5.41, 5.74) is 0. The molecular weight excluding hydrogens is 256 g/mol. The molecule has 1 aromatic heterocycles. The molecule has 1 fully saturated rings. The van der Waals surface area contributed by atoms with Crippen LogP contribution in [0.2, 0.25) is 0 Å². The third-order valence-corrected chi connectivity index (χ3v) is 4.33. The number of thiophene rings is 1. The molecule has 4 heteroatoms. The van der Waals surface area contributed by atoms with Crippen LogP contribution in [0.3, 0.4) is 0 Å². The summed E-state index contributed by atoms with van der Waals surface area (Å²) in [4.78, 5) is 5.43. The van der Waals surface area contributed by atoms with E-state index in [2.05, 4.69) is 36.2 Å². The standard InChI is InChI=1S/C15H26N2OS/c1-13(2)10-16-11-14-4-5-15(19-14)12-17-6-3-8-18-9-7-17/h4-5,13,16H,3,6-12H2,1-2H3. The van der Waals surface area contributed by atoms with E-state index in [9.17, 15) is 0 Å². The second-order valence-corrected chi connectivity index (χ2v) is 6.89. The van der Waals surface area contributed by atoms with Crippen molar-refractivity contribution in [1.82, 2.24) is 10.2 Å². The normalized spacial score (nSPS) is 17.8. The van der Waals surface area contributed by atoms with Gasteiger partial charge in [0.25, 0.3) is 0 Å². The highest BCUT2D eigenvalue weighted by molar-refractivity contribution is 7.11. The van der Waals surface area contributed by atoms with Crippen LogP contribution < -0.4 is 5.32 Å². The lowest BCUT2D eigenvalue weighted by molar-refractivity contribution is 0.140. The van der Waals surface area contributed by atoms with Gasteiger partial charge in [-0.2, -0.15) is 0 Å². The van der Waals surface area contributed by atoms with Crippen molar-refractivity contribution in [2.24, 2.45) is 5.92 Å². The summed E-state index contributed by atoms with van der Waals surface area (Å²) in [6.45, 7) is 11.7. The molecule has 19 heavy (non-hydrogen) atoms. The smallest absolute Gasteiger partial charge is 0.0593 e. The summed E-state index contributed by atoms with van der Waals surface area (Å²) in [7, 11) is 0. The fraction of sp³-hybridized carbons (Fsp3) is 0.733. The zero-order valence-corrected chi connectivity index (χ0v) is 13.0. The van der Waals surface area contributed by atoms with Gasteiger partial charge in [0.1, 0.15) is 0 Å². The molecule has 0 saturated carbocycles. The third-order valence-electron chi connectivity index (χ3n) is 3.26. The van der Waals surface area contributed by atoms with Gasteiger partial charge in [-0.3, -0.25) is 4.90 Å².